The highest BCUT2D eigenvalue weighted by atomic mass is 79.9. The fourth-order valence-electron chi connectivity index (χ4n) is 2.50. The normalized spacial score (nSPS) is 10.5. The molecule has 3 heterocycles. The van der Waals surface area contributed by atoms with Gasteiger partial charge in [-0.1, -0.05) is 22.0 Å². The number of nitrogens with zero attached hydrogens (tertiary/aromatic N) is 5. The molecule has 0 aliphatic heterocycles. The fourth-order valence-corrected chi connectivity index (χ4v) is 2.77. The van der Waals surface area contributed by atoms with Crippen LogP contribution in [-0.4, -0.2) is 24.9 Å². The van der Waals surface area contributed by atoms with Gasteiger partial charge in [0.2, 0.25) is 5.95 Å². The lowest BCUT2D eigenvalue weighted by molar-refractivity contribution is 1.11. The zero-order chi connectivity index (χ0) is 19.3. The first-order valence-electron chi connectivity index (χ1n) is 8.55. The zero-order valence-electron chi connectivity index (χ0n) is 15.0. The maximum atomic E-state index is 4.53. The van der Waals surface area contributed by atoms with E-state index >= 15 is 0 Å². The lowest BCUT2D eigenvalue weighted by Crippen LogP contribution is -2.02. The molecule has 0 saturated carbocycles. The molecule has 0 bridgehead atoms. The Bertz CT molecular complexity index is 1100. The van der Waals surface area contributed by atoms with Gasteiger partial charge in [0.05, 0.1) is 0 Å². The summed E-state index contributed by atoms with van der Waals surface area (Å²) in [6, 6.07) is 17.1. The number of aromatic nitrogens is 5. The van der Waals surface area contributed by atoms with Crippen molar-refractivity contribution in [1.29, 1.82) is 0 Å². The van der Waals surface area contributed by atoms with Crippen LogP contribution in [0.15, 0.2) is 71.5 Å². The number of anilines is 4. The highest BCUT2D eigenvalue weighted by Crippen LogP contribution is 2.20. The molecule has 3 aromatic heterocycles. The van der Waals surface area contributed by atoms with E-state index in [-0.39, 0.29) is 0 Å². The summed E-state index contributed by atoms with van der Waals surface area (Å²) in [7, 11) is 0. The van der Waals surface area contributed by atoms with Crippen molar-refractivity contribution >= 4 is 39.2 Å². The van der Waals surface area contributed by atoms with Gasteiger partial charge in [-0.15, -0.1) is 0 Å². The van der Waals surface area contributed by atoms with E-state index in [1.54, 1.807) is 24.5 Å². The molecule has 0 radical (unpaired) electrons. The van der Waals surface area contributed by atoms with Crippen molar-refractivity contribution in [3.8, 4) is 11.5 Å². The quantitative estimate of drug-likeness (QED) is 0.463. The van der Waals surface area contributed by atoms with E-state index in [2.05, 4.69) is 51.5 Å². The third-order valence-corrected chi connectivity index (χ3v) is 4.31. The average molecular weight is 434 g/mol. The maximum absolute atomic E-state index is 4.53. The second-order valence-corrected chi connectivity index (χ2v) is 6.87. The van der Waals surface area contributed by atoms with Gasteiger partial charge in [0.15, 0.2) is 5.82 Å². The van der Waals surface area contributed by atoms with Crippen molar-refractivity contribution < 1.29 is 0 Å². The largest absolute Gasteiger partial charge is 0.325 e. The maximum Gasteiger partial charge on any atom is 0.229 e. The minimum absolute atomic E-state index is 0.488. The lowest BCUT2D eigenvalue weighted by atomic mass is 10.3. The molecule has 0 saturated heterocycles. The summed E-state index contributed by atoms with van der Waals surface area (Å²) >= 11 is 3.42. The molecule has 0 spiro atoms. The van der Waals surface area contributed by atoms with E-state index in [0.717, 1.165) is 21.5 Å². The SMILES string of the molecule is Cc1cccc(-c2nccc(Nc3ccnc(Nc4ccc(Br)cc4)n3)n2)n1. The smallest absolute Gasteiger partial charge is 0.229 e. The standard InChI is InChI=1S/C20H16BrN7/c1-13-3-2-4-16(24-13)19-22-11-9-17(27-19)26-18-10-12-23-20(28-18)25-15-7-5-14(21)6-8-15/h2-12H,1H3,(H2,22,23,25,26,27,28). The number of hydrogen-bond donors (Lipinski definition) is 2. The van der Waals surface area contributed by atoms with Gasteiger partial charge in [0.1, 0.15) is 17.3 Å². The van der Waals surface area contributed by atoms with Gasteiger partial charge in [-0.05, 0) is 55.5 Å². The molecular formula is C20H16BrN7. The number of nitrogens with one attached hydrogen (secondary N) is 2. The van der Waals surface area contributed by atoms with Gasteiger partial charge in [0, 0.05) is 28.2 Å². The predicted octanol–water partition coefficient (Wildman–Crippen LogP) is 4.89. The molecule has 0 atom stereocenters. The molecule has 0 fully saturated rings. The predicted molar refractivity (Wildman–Crippen MR) is 113 cm³/mol. The van der Waals surface area contributed by atoms with Crippen LogP contribution >= 0.6 is 15.9 Å². The van der Waals surface area contributed by atoms with Crippen LogP contribution in [0, 0.1) is 6.92 Å². The molecule has 28 heavy (non-hydrogen) atoms. The van der Waals surface area contributed by atoms with Crippen LogP contribution in [0.25, 0.3) is 11.5 Å². The van der Waals surface area contributed by atoms with E-state index in [0.29, 0.717) is 23.4 Å². The van der Waals surface area contributed by atoms with Gasteiger partial charge in [-0.2, -0.15) is 4.98 Å². The Labute approximate surface area is 170 Å². The number of hydrogen-bond acceptors (Lipinski definition) is 7. The van der Waals surface area contributed by atoms with Crippen molar-refractivity contribution in [2.45, 2.75) is 6.92 Å². The monoisotopic (exact) mass is 433 g/mol. The molecule has 2 N–H and O–H groups in total. The molecular weight excluding hydrogens is 418 g/mol. The highest BCUT2D eigenvalue weighted by molar-refractivity contribution is 9.10. The van der Waals surface area contributed by atoms with Crippen molar-refractivity contribution in [2.75, 3.05) is 10.6 Å². The summed E-state index contributed by atoms with van der Waals surface area (Å²) in [4.78, 5) is 22.0. The Kier molecular flexibility index (Phi) is 5.20. The number of rotatable bonds is 5. The summed E-state index contributed by atoms with van der Waals surface area (Å²) in [5.41, 5.74) is 2.54. The van der Waals surface area contributed by atoms with Gasteiger partial charge < -0.3 is 10.6 Å². The molecule has 0 aliphatic rings. The molecule has 7 nitrogen and oxygen atoms in total. The molecule has 0 unspecified atom stereocenters. The average Bonchev–Trinajstić information content (AvgIpc) is 2.70. The van der Waals surface area contributed by atoms with Gasteiger partial charge in [0.25, 0.3) is 0 Å². The van der Waals surface area contributed by atoms with Crippen LogP contribution in [0.4, 0.5) is 23.3 Å². The Morgan fingerprint density at radius 2 is 1.50 bits per heavy atom. The molecule has 4 rings (SSSR count). The number of pyridine rings is 1. The van der Waals surface area contributed by atoms with Crippen LogP contribution in [0.5, 0.6) is 0 Å². The van der Waals surface area contributed by atoms with E-state index < -0.39 is 0 Å². The summed E-state index contributed by atoms with van der Waals surface area (Å²) in [6.45, 7) is 1.94. The molecule has 0 aliphatic carbocycles. The van der Waals surface area contributed by atoms with Crippen molar-refractivity contribution in [3.05, 3.63) is 77.2 Å². The second-order valence-electron chi connectivity index (χ2n) is 5.95. The fraction of sp³-hybridized carbons (Fsp3) is 0.0500. The van der Waals surface area contributed by atoms with Crippen LogP contribution in [0.1, 0.15) is 5.69 Å². The summed E-state index contributed by atoms with van der Waals surface area (Å²) in [5.74, 6) is 2.29. The van der Waals surface area contributed by atoms with Gasteiger partial charge >= 0.3 is 0 Å². The van der Waals surface area contributed by atoms with Crippen LogP contribution in [0.2, 0.25) is 0 Å². The third kappa shape index (κ3) is 4.47. The summed E-state index contributed by atoms with van der Waals surface area (Å²) in [6.07, 6.45) is 3.37. The first kappa shape index (κ1) is 18.0. The summed E-state index contributed by atoms with van der Waals surface area (Å²) in [5, 5.41) is 6.36. The van der Waals surface area contributed by atoms with Crippen molar-refractivity contribution in [1.82, 2.24) is 24.9 Å². The molecule has 0 amide bonds. The minimum Gasteiger partial charge on any atom is -0.325 e. The van der Waals surface area contributed by atoms with Crippen molar-refractivity contribution in [2.24, 2.45) is 0 Å². The highest BCUT2D eigenvalue weighted by Gasteiger charge is 2.06. The van der Waals surface area contributed by atoms with Gasteiger partial charge in [-0.25, -0.2) is 19.9 Å². The second kappa shape index (κ2) is 8.10. The van der Waals surface area contributed by atoms with Crippen molar-refractivity contribution in [3.63, 3.8) is 0 Å². The molecule has 1 aromatic carbocycles. The molecule has 138 valence electrons. The Balaban J connectivity index is 1.53. The lowest BCUT2D eigenvalue weighted by Gasteiger charge is -2.09. The van der Waals surface area contributed by atoms with E-state index in [1.807, 2.05) is 49.4 Å². The molecule has 4 aromatic rings. The topological polar surface area (TPSA) is 88.5 Å². The number of halogens is 1. The van der Waals surface area contributed by atoms with Crippen LogP contribution in [0.3, 0.4) is 0 Å². The first-order valence-corrected chi connectivity index (χ1v) is 9.35. The van der Waals surface area contributed by atoms with E-state index in [1.165, 1.54) is 0 Å². The Morgan fingerprint density at radius 1 is 0.750 bits per heavy atom. The number of aryl methyl sites for hydroxylation is 1. The Morgan fingerprint density at radius 3 is 2.29 bits per heavy atom. The Hall–Kier alpha value is -3.39. The number of benzene rings is 1. The molecule has 8 heteroatoms. The minimum atomic E-state index is 0.488. The first-order chi connectivity index (χ1) is 13.7. The van der Waals surface area contributed by atoms with E-state index in [9.17, 15) is 0 Å². The van der Waals surface area contributed by atoms with Crippen LogP contribution < -0.4 is 10.6 Å². The summed E-state index contributed by atoms with van der Waals surface area (Å²) < 4.78 is 1.01. The van der Waals surface area contributed by atoms with E-state index in [4.69, 9.17) is 0 Å². The van der Waals surface area contributed by atoms with Crippen LogP contribution in [-0.2, 0) is 0 Å². The van der Waals surface area contributed by atoms with Gasteiger partial charge in [-0.3, -0.25) is 0 Å². The third-order valence-electron chi connectivity index (χ3n) is 3.79. The zero-order valence-corrected chi connectivity index (χ0v) is 16.6.